The summed E-state index contributed by atoms with van der Waals surface area (Å²) in [6.45, 7) is 1.80. The molecule has 12 heavy (non-hydrogen) atoms. The molecule has 0 radical (unpaired) electrons. The molecule has 1 aromatic rings. The Bertz CT molecular complexity index is 279. The van der Waals surface area contributed by atoms with Crippen LogP contribution in [0.4, 0.5) is 0 Å². The van der Waals surface area contributed by atoms with Gasteiger partial charge in [-0.05, 0) is 47.2 Å². The van der Waals surface area contributed by atoms with E-state index in [1.165, 1.54) is 9.13 Å². The summed E-state index contributed by atoms with van der Waals surface area (Å²) in [5.74, 6) is 0. The lowest BCUT2D eigenvalue weighted by molar-refractivity contribution is 0.317. The van der Waals surface area contributed by atoms with Gasteiger partial charge in [-0.3, -0.25) is 0 Å². The van der Waals surface area contributed by atoms with E-state index in [0.29, 0.717) is 6.42 Å². The Morgan fingerprint density at radius 1 is 1.42 bits per heavy atom. The molecule has 0 aliphatic heterocycles. The molecule has 0 saturated heterocycles. The number of oxime groups is 1. The standard InChI is InChI=1S/C9H10INO/c1-7(11-12)6-8-2-4-9(10)5-3-8/h2-5,12H,6H2,1H3. The van der Waals surface area contributed by atoms with E-state index < -0.39 is 0 Å². The zero-order valence-corrected chi connectivity index (χ0v) is 8.95. The molecule has 0 saturated carbocycles. The van der Waals surface area contributed by atoms with E-state index in [4.69, 9.17) is 5.21 Å². The van der Waals surface area contributed by atoms with Crippen LogP contribution in [0.3, 0.4) is 0 Å². The first-order valence-corrected chi connectivity index (χ1v) is 4.72. The molecule has 1 aromatic carbocycles. The summed E-state index contributed by atoms with van der Waals surface area (Å²) in [4.78, 5) is 0. The van der Waals surface area contributed by atoms with E-state index in [0.717, 1.165) is 5.71 Å². The van der Waals surface area contributed by atoms with Gasteiger partial charge in [-0.1, -0.05) is 17.3 Å². The first-order chi connectivity index (χ1) is 5.72. The average molecular weight is 275 g/mol. The number of rotatable bonds is 2. The van der Waals surface area contributed by atoms with Crippen molar-refractivity contribution >= 4 is 28.3 Å². The summed E-state index contributed by atoms with van der Waals surface area (Å²) < 4.78 is 1.22. The van der Waals surface area contributed by atoms with Crippen LogP contribution >= 0.6 is 22.6 Å². The molecule has 1 N–H and O–H groups in total. The van der Waals surface area contributed by atoms with Gasteiger partial charge < -0.3 is 5.21 Å². The molecule has 0 unspecified atom stereocenters. The van der Waals surface area contributed by atoms with Crippen LogP contribution in [-0.2, 0) is 6.42 Å². The summed E-state index contributed by atoms with van der Waals surface area (Å²) in [5, 5.41) is 11.6. The molecule has 0 amide bonds. The zero-order valence-electron chi connectivity index (χ0n) is 6.79. The van der Waals surface area contributed by atoms with Crippen molar-refractivity contribution in [2.75, 3.05) is 0 Å². The Hall–Kier alpha value is -0.580. The number of hydrogen-bond acceptors (Lipinski definition) is 2. The fourth-order valence-electron chi connectivity index (χ4n) is 0.933. The fourth-order valence-corrected chi connectivity index (χ4v) is 1.29. The molecule has 0 heterocycles. The summed E-state index contributed by atoms with van der Waals surface area (Å²) in [7, 11) is 0. The van der Waals surface area contributed by atoms with Crippen molar-refractivity contribution in [2.24, 2.45) is 5.16 Å². The smallest absolute Gasteiger partial charge is 0.0583 e. The lowest BCUT2D eigenvalue weighted by atomic mass is 10.1. The topological polar surface area (TPSA) is 32.6 Å². The third kappa shape index (κ3) is 2.81. The minimum atomic E-state index is 0.716. The first-order valence-electron chi connectivity index (χ1n) is 3.64. The molecule has 0 atom stereocenters. The van der Waals surface area contributed by atoms with Crippen molar-refractivity contribution < 1.29 is 5.21 Å². The highest BCUT2D eigenvalue weighted by molar-refractivity contribution is 14.1. The molecule has 3 heteroatoms. The minimum Gasteiger partial charge on any atom is -0.411 e. The molecule has 0 fully saturated rings. The summed E-state index contributed by atoms with van der Waals surface area (Å²) in [6.07, 6.45) is 0.716. The van der Waals surface area contributed by atoms with Gasteiger partial charge in [-0.25, -0.2) is 0 Å². The number of nitrogens with zero attached hydrogens (tertiary/aromatic N) is 1. The van der Waals surface area contributed by atoms with Crippen molar-refractivity contribution in [2.45, 2.75) is 13.3 Å². The van der Waals surface area contributed by atoms with Crippen molar-refractivity contribution in [1.29, 1.82) is 0 Å². The lowest BCUT2D eigenvalue weighted by Gasteiger charge is -1.98. The van der Waals surface area contributed by atoms with Crippen LogP contribution in [0.2, 0.25) is 0 Å². The average Bonchev–Trinajstić information content (AvgIpc) is 2.09. The van der Waals surface area contributed by atoms with Crippen LogP contribution in [0.5, 0.6) is 0 Å². The fraction of sp³-hybridized carbons (Fsp3) is 0.222. The highest BCUT2D eigenvalue weighted by Crippen LogP contribution is 2.07. The van der Waals surface area contributed by atoms with Gasteiger partial charge in [-0.2, -0.15) is 0 Å². The molecular weight excluding hydrogens is 265 g/mol. The van der Waals surface area contributed by atoms with Crippen molar-refractivity contribution in [3.05, 3.63) is 33.4 Å². The van der Waals surface area contributed by atoms with E-state index in [9.17, 15) is 0 Å². The van der Waals surface area contributed by atoms with E-state index in [2.05, 4.69) is 27.7 Å². The molecule has 0 spiro atoms. The van der Waals surface area contributed by atoms with Crippen LogP contribution in [0.15, 0.2) is 29.4 Å². The second-order valence-electron chi connectivity index (χ2n) is 2.64. The Morgan fingerprint density at radius 2 is 2.00 bits per heavy atom. The molecule has 64 valence electrons. The van der Waals surface area contributed by atoms with Crippen LogP contribution < -0.4 is 0 Å². The maximum atomic E-state index is 8.44. The van der Waals surface area contributed by atoms with Crippen molar-refractivity contribution in [1.82, 2.24) is 0 Å². The number of benzene rings is 1. The van der Waals surface area contributed by atoms with Crippen molar-refractivity contribution in [3.63, 3.8) is 0 Å². The molecule has 2 nitrogen and oxygen atoms in total. The van der Waals surface area contributed by atoms with Gasteiger partial charge in [0.25, 0.3) is 0 Å². The van der Waals surface area contributed by atoms with Gasteiger partial charge in [0.05, 0.1) is 5.71 Å². The Morgan fingerprint density at radius 3 is 2.50 bits per heavy atom. The van der Waals surface area contributed by atoms with Gasteiger partial charge >= 0.3 is 0 Å². The second kappa shape index (κ2) is 4.45. The molecule has 0 aromatic heterocycles. The Kier molecular flexibility index (Phi) is 3.52. The number of halogens is 1. The van der Waals surface area contributed by atoms with E-state index in [1.54, 1.807) is 6.92 Å². The zero-order chi connectivity index (χ0) is 8.97. The first kappa shape index (κ1) is 9.51. The quantitative estimate of drug-likeness (QED) is 0.383. The largest absolute Gasteiger partial charge is 0.411 e. The molecular formula is C9H10INO. The monoisotopic (exact) mass is 275 g/mol. The van der Waals surface area contributed by atoms with E-state index in [1.807, 2.05) is 24.3 Å². The van der Waals surface area contributed by atoms with Gasteiger partial charge in [0.1, 0.15) is 0 Å². The third-order valence-corrected chi connectivity index (χ3v) is 2.26. The second-order valence-corrected chi connectivity index (χ2v) is 3.88. The van der Waals surface area contributed by atoms with Gasteiger partial charge in [0.2, 0.25) is 0 Å². The normalized spacial score (nSPS) is 11.7. The predicted octanol–water partition coefficient (Wildman–Crippen LogP) is 2.68. The maximum absolute atomic E-state index is 8.44. The Balaban J connectivity index is 2.71. The summed E-state index contributed by atoms with van der Waals surface area (Å²) >= 11 is 2.26. The number of hydrogen-bond donors (Lipinski definition) is 1. The van der Waals surface area contributed by atoms with E-state index >= 15 is 0 Å². The third-order valence-electron chi connectivity index (χ3n) is 1.54. The molecule has 0 bridgehead atoms. The molecule has 0 aliphatic rings. The summed E-state index contributed by atoms with van der Waals surface area (Å²) in [6, 6.07) is 8.16. The van der Waals surface area contributed by atoms with E-state index in [-0.39, 0.29) is 0 Å². The van der Waals surface area contributed by atoms with Crippen molar-refractivity contribution in [3.8, 4) is 0 Å². The van der Waals surface area contributed by atoms with Crippen LogP contribution in [0.1, 0.15) is 12.5 Å². The summed E-state index contributed by atoms with van der Waals surface area (Å²) in [5.41, 5.74) is 1.90. The minimum absolute atomic E-state index is 0.716. The van der Waals surface area contributed by atoms with Gasteiger partial charge in [0, 0.05) is 9.99 Å². The lowest BCUT2D eigenvalue weighted by Crippen LogP contribution is -1.96. The molecule has 1 rings (SSSR count). The van der Waals surface area contributed by atoms with Crippen LogP contribution in [0.25, 0.3) is 0 Å². The predicted molar refractivity (Wildman–Crippen MR) is 57.8 cm³/mol. The highest BCUT2D eigenvalue weighted by Gasteiger charge is 1.95. The van der Waals surface area contributed by atoms with Gasteiger partial charge in [0.15, 0.2) is 0 Å². The highest BCUT2D eigenvalue weighted by atomic mass is 127. The maximum Gasteiger partial charge on any atom is 0.0583 e. The Labute approximate surface area is 85.4 Å². The van der Waals surface area contributed by atoms with Crippen LogP contribution in [-0.4, -0.2) is 10.9 Å². The SMILES string of the molecule is CC(Cc1ccc(I)cc1)=NO. The van der Waals surface area contributed by atoms with Gasteiger partial charge in [-0.15, -0.1) is 0 Å². The molecule has 0 aliphatic carbocycles. The van der Waals surface area contributed by atoms with Crippen LogP contribution in [0, 0.1) is 3.57 Å².